The summed E-state index contributed by atoms with van der Waals surface area (Å²) in [5, 5.41) is 0. The van der Waals surface area contributed by atoms with Gasteiger partial charge in [-0.15, -0.1) is 0 Å². The van der Waals surface area contributed by atoms with E-state index in [9.17, 15) is 8.42 Å². The molecule has 3 rings (SSSR count). The zero-order valence-corrected chi connectivity index (χ0v) is 12.1. The Morgan fingerprint density at radius 3 is 2.86 bits per heavy atom. The summed E-state index contributed by atoms with van der Waals surface area (Å²) in [5.41, 5.74) is 6.51. The van der Waals surface area contributed by atoms with Crippen LogP contribution in [0.25, 0.3) is 0 Å². The number of nitrogen functional groups attached to an aromatic ring is 1. The second-order valence-corrected chi connectivity index (χ2v) is 6.49. The van der Waals surface area contributed by atoms with Gasteiger partial charge < -0.3 is 10.5 Å². The van der Waals surface area contributed by atoms with Gasteiger partial charge in [0.1, 0.15) is 10.6 Å². The summed E-state index contributed by atoms with van der Waals surface area (Å²) in [7, 11) is -3.76. The van der Waals surface area contributed by atoms with E-state index < -0.39 is 10.0 Å². The SMILES string of the molecule is Nc1ccncc1S(=O)(=O)N1CCCOc2ccccc21. The number of para-hydroxylation sites is 2. The highest BCUT2D eigenvalue weighted by atomic mass is 32.2. The summed E-state index contributed by atoms with van der Waals surface area (Å²) < 4.78 is 32.7. The Labute approximate surface area is 123 Å². The Balaban J connectivity index is 2.13. The summed E-state index contributed by atoms with van der Waals surface area (Å²) in [4.78, 5) is 3.88. The number of hydrogen-bond donors (Lipinski definition) is 1. The van der Waals surface area contributed by atoms with Crippen molar-refractivity contribution in [2.24, 2.45) is 0 Å². The molecule has 0 fully saturated rings. The van der Waals surface area contributed by atoms with Crippen LogP contribution in [0.2, 0.25) is 0 Å². The van der Waals surface area contributed by atoms with Crippen molar-refractivity contribution < 1.29 is 13.2 Å². The van der Waals surface area contributed by atoms with Crippen molar-refractivity contribution in [3.63, 3.8) is 0 Å². The van der Waals surface area contributed by atoms with Crippen LogP contribution in [0.4, 0.5) is 11.4 Å². The summed E-state index contributed by atoms with van der Waals surface area (Å²) in [5.74, 6) is 0.557. The molecule has 2 N–H and O–H groups in total. The number of ether oxygens (including phenoxy) is 1. The highest BCUT2D eigenvalue weighted by Crippen LogP contribution is 2.35. The van der Waals surface area contributed by atoms with Gasteiger partial charge in [-0.25, -0.2) is 8.42 Å². The average molecular weight is 305 g/mol. The number of rotatable bonds is 2. The number of benzene rings is 1. The summed E-state index contributed by atoms with van der Waals surface area (Å²) >= 11 is 0. The molecule has 0 saturated carbocycles. The molecular formula is C14H15N3O3S. The van der Waals surface area contributed by atoms with Gasteiger partial charge in [-0.1, -0.05) is 12.1 Å². The lowest BCUT2D eigenvalue weighted by molar-refractivity contribution is 0.322. The molecule has 1 aromatic carbocycles. The van der Waals surface area contributed by atoms with E-state index in [2.05, 4.69) is 4.98 Å². The van der Waals surface area contributed by atoms with Crippen molar-refractivity contribution >= 4 is 21.4 Å². The Morgan fingerprint density at radius 2 is 2.05 bits per heavy atom. The molecule has 0 saturated heterocycles. The lowest BCUT2D eigenvalue weighted by Gasteiger charge is -2.23. The zero-order valence-electron chi connectivity index (χ0n) is 11.3. The van der Waals surface area contributed by atoms with E-state index >= 15 is 0 Å². The third kappa shape index (κ3) is 2.40. The van der Waals surface area contributed by atoms with Gasteiger partial charge in [-0.2, -0.15) is 0 Å². The number of fused-ring (bicyclic) bond motifs is 1. The van der Waals surface area contributed by atoms with E-state index in [4.69, 9.17) is 10.5 Å². The van der Waals surface area contributed by atoms with Crippen LogP contribution >= 0.6 is 0 Å². The second-order valence-electron chi connectivity index (χ2n) is 4.66. The van der Waals surface area contributed by atoms with Gasteiger partial charge in [0.15, 0.2) is 0 Å². The molecule has 110 valence electrons. The molecule has 0 aliphatic carbocycles. The van der Waals surface area contributed by atoms with Crippen LogP contribution in [0.5, 0.6) is 5.75 Å². The van der Waals surface area contributed by atoms with Crippen molar-refractivity contribution in [3.05, 3.63) is 42.7 Å². The summed E-state index contributed by atoms with van der Waals surface area (Å²) in [6.07, 6.45) is 3.35. The summed E-state index contributed by atoms with van der Waals surface area (Å²) in [6.45, 7) is 0.819. The van der Waals surface area contributed by atoms with Crippen LogP contribution in [-0.4, -0.2) is 26.6 Å². The van der Waals surface area contributed by atoms with E-state index in [1.165, 1.54) is 22.8 Å². The minimum atomic E-state index is -3.76. The average Bonchev–Trinajstić information content (AvgIpc) is 2.70. The Bertz CT molecular complexity index is 762. The van der Waals surface area contributed by atoms with Gasteiger partial charge in [0.2, 0.25) is 0 Å². The van der Waals surface area contributed by atoms with Crippen LogP contribution in [0.15, 0.2) is 47.6 Å². The van der Waals surface area contributed by atoms with Crippen LogP contribution in [0, 0.1) is 0 Å². The molecular weight excluding hydrogens is 290 g/mol. The molecule has 1 aromatic heterocycles. The molecule has 1 aliphatic heterocycles. The van der Waals surface area contributed by atoms with Crippen LogP contribution in [-0.2, 0) is 10.0 Å². The zero-order chi connectivity index (χ0) is 14.9. The smallest absolute Gasteiger partial charge is 0.268 e. The van der Waals surface area contributed by atoms with E-state index in [0.717, 1.165) is 0 Å². The van der Waals surface area contributed by atoms with Crippen molar-refractivity contribution in [2.75, 3.05) is 23.2 Å². The maximum Gasteiger partial charge on any atom is 0.268 e. The number of sulfonamides is 1. The fraction of sp³-hybridized carbons (Fsp3) is 0.214. The minimum absolute atomic E-state index is 0.0155. The lowest BCUT2D eigenvalue weighted by atomic mass is 10.3. The molecule has 0 bridgehead atoms. The second kappa shape index (κ2) is 5.25. The minimum Gasteiger partial charge on any atom is -0.491 e. The van der Waals surface area contributed by atoms with Crippen LogP contribution in [0.3, 0.4) is 0 Å². The van der Waals surface area contributed by atoms with E-state index in [-0.39, 0.29) is 10.6 Å². The fourth-order valence-electron chi connectivity index (χ4n) is 2.27. The molecule has 0 radical (unpaired) electrons. The maximum atomic E-state index is 12.9. The Hall–Kier alpha value is -2.28. The largest absolute Gasteiger partial charge is 0.491 e. The van der Waals surface area contributed by atoms with Crippen molar-refractivity contribution in [3.8, 4) is 5.75 Å². The first kappa shape index (κ1) is 13.7. The molecule has 7 heteroatoms. The number of nitrogens with zero attached hydrogens (tertiary/aromatic N) is 2. The third-order valence-electron chi connectivity index (χ3n) is 3.28. The molecule has 0 unspecified atom stereocenters. The molecule has 0 amide bonds. The fourth-order valence-corrected chi connectivity index (χ4v) is 3.85. The number of nitrogens with two attached hydrogens (primary N) is 1. The van der Waals surface area contributed by atoms with Crippen LogP contribution in [0.1, 0.15) is 6.42 Å². The van der Waals surface area contributed by atoms with Gasteiger partial charge in [0, 0.05) is 25.4 Å². The highest BCUT2D eigenvalue weighted by molar-refractivity contribution is 7.93. The van der Waals surface area contributed by atoms with E-state index in [1.807, 2.05) is 6.07 Å². The molecule has 21 heavy (non-hydrogen) atoms. The first-order valence-corrected chi connectivity index (χ1v) is 7.99. The number of pyridine rings is 1. The monoisotopic (exact) mass is 305 g/mol. The van der Waals surface area contributed by atoms with Crippen molar-refractivity contribution in [1.29, 1.82) is 0 Å². The Morgan fingerprint density at radius 1 is 1.24 bits per heavy atom. The van der Waals surface area contributed by atoms with Crippen molar-refractivity contribution in [1.82, 2.24) is 4.98 Å². The quantitative estimate of drug-likeness (QED) is 0.911. The lowest BCUT2D eigenvalue weighted by Crippen LogP contribution is -2.32. The van der Waals surface area contributed by atoms with Gasteiger partial charge in [0.05, 0.1) is 18.0 Å². The highest BCUT2D eigenvalue weighted by Gasteiger charge is 2.30. The molecule has 6 nitrogen and oxygen atoms in total. The molecule has 2 heterocycles. The molecule has 0 spiro atoms. The first-order chi connectivity index (χ1) is 10.1. The summed E-state index contributed by atoms with van der Waals surface area (Å²) in [6, 6.07) is 8.56. The normalized spacial score (nSPS) is 15.0. The van der Waals surface area contributed by atoms with Gasteiger partial charge in [0.25, 0.3) is 10.0 Å². The van der Waals surface area contributed by atoms with Gasteiger partial charge in [-0.05, 0) is 18.2 Å². The predicted octanol–water partition coefficient (Wildman–Crippen LogP) is 1.64. The molecule has 2 aromatic rings. The standard InChI is InChI=1S/C14H15N3O3S/c15-11-6-7-16-10-14(11)21(18,19)17-8-3-9-20-13-5-2-1-4-12(13)17/h1-2,4-7,10H,3,8-9H2,(H2,15,16). The van der Waals surface area contributed by atoms with E-state index in [0.29, 0.717) is 31.0 Å². The Kier molecular flexibility index (Phi) is 3.42. The van der Waals surface area contributed by atoms with Crippen molar-refractivity contribution in [2.45, 2.75) is 11.3 Å². The predicted molar refractivity (Wildman–Crippen MR) is 79.7 cm³/mol. The molecule has 1 aliphatic rings. The maximum absolute atomic E-state index is 12.9. The van der Waals surface area contributed by atoms with E-state index in [1.54, 1.807) is 18.2 Å². The number of anilines is 2. The number of hydrogen-bond acceptors (Lipinski definition) is 5. The van der Waals surface area contributed by atoms with Gasteiger partial charge in [-0.3, -0.25) is 9.29 Å². The first-order valence-electron chi connectivity index (χ1n) is 6.55. The van der Waals surface area contributed by atoms with Crippen LogP contribution < -0.4 is 14.8 Å². The number of aromatic nitrogens is 1. The molecule has 0 atom stereocenters. The third-order valence-corrected chi connectivity index (χ3v) is 5.14. The van der Waals surface area contributed by atoms with Gasteiger partial charge >= 0.3 is 0 Å². The topological polar surface area (TPSA) is 85.5 Å².